The molecule has 1 aromatic heterocycles. The van der Waals surface area contributed by atoms with E-state index in [2.05, 4.69) is 34.6 Å². The van der Waals surface area contributed by atoms with E-state index in [1.807, 2.05) is 12.1 Å². The van der Waals surface area contributed by atoms with Gasteiger partial charge < -0.3 is 9.73 Å². The molecule has 2 aromatic rings. The number of rotatable bonds is 5. The molecule has 0 saturated heterocycles. The standard InChI is InChI=1S/C15H19N3O/c1-11(9-12-3-2-4-12)17-14-7-5-13(6-8-14)15-18-16-10-19-15/h5-8,10-12,17H,2-4,9H2,1H3. The molecular weight excluding hydrogens is 238 g/mol. The van der Waals surface area contributed by atoms with Crippen molar-refractivity contribution in [1.82, 2.24) is 10.2 Å². The Balaban J connectivity index is 1.59. The number of hydrogen-bond acceptors (Lipinski definition) is 4. The van der Waals surface area contributed by atoms with Crippen molar-refractivity contribution in [1.29, 1.82) is 0 Å². The molecule has 3 rings (SSSR count). The summed E-state index contributed by atoms with van der Waals surface area (Å²) in [6.07, 6.45) is 6.84. The summed E-state index contributed by atoms with van der Waals surface area (Å²) in [5.41, 5.74) is 2.10. The van der Waals surface area contributed by atoms with E-state index in [0.717, 1.165) is 17.2 Å². The van der Waals surface area contributed by atoms with Crippen molar-refractivity contribution >= 4 is 5.69 Å². The monoisotopic (exact) mass is 257 g/mol. The van der Waals surface area contributed by atoms with E-state index >= 15 is 0 Å². The molecule has 1 aliphatic carbocycles. The van der Waals surface area contributed by atoms with Gasteiger partial charge in [0.2, 0.25) is 12.3 Å². The summed E-state index contributed by atoms with van der Waals surface area (Å²) < 4.78 is 5.17. The van der Waals surface area contributed by atoms with E-state index < -0.39 is 0 Å². The molecule has 0 amide bonds. The van der Waals surface area contributed by atoms with Crippen LogP contribution in [-0.2, 0) is 0 Å². The highest BCUT2D eigenvalue weighted by atomic mass is 16.4. The van der Waals surface area contributed by atoms with Gasteiger partial charge in [0.15, 0.2) is 0 Å². The molecule has 1 fully saturated rings. The second-order valence-electron chi connectivity index (χ2n) is 5.40. The normalized spacial score (nSPS) is 16.9. The third-order valence-electron chi connectivity index (χ3n) is 3.82. The van der Waals surface area contributed by atoms with Crippen molar-refractivity contribution in [3.63, 3.8) is 0 Å². The molecule has 4 heteroatoms. The number of benzene rings is 1. The molecule has 1 atom stereocenters. The minimum atomic E-state index is 0.527. The number of nitrogens with zero attached hydrogens (tertiary/aromatic N) is 2. The van der Waals surface area contributed by atoms with E-state index in [4.69, 9.17) is 4.42 Å². The maximum absolute atomic E-state index is 5.17. The van der Waals surface area contributed by atoms with Crippen molar-refractivity contribution in [2.45, 2.75) is 38.6 Å². The average molecular weight is 257 g/mol. The Morgan fingerprint density at radius 1 is 1.32 bits per heavy atom. The maximum Gasteiger partial charge on any atom is 0.247 e. The fraction of sp³-hybridized carbons (Fsp3) is 0.467. The van der Waals surface area contributed by atoms with Crippen molar-refractivity contribution in [2.75, 3.05) is 5.32 Å². The molecule has 0 bridgehead atoms. The highest BCUT2D eigenvalue weighted by molar-refractivity contribution is 5.58. The number of hydrogen-bond donors (Lipinski definition) is 1. The summed E-state index contributed by atoms with van der Waals surface area (Å²) in [5, 5.41) is 11.1. The first kappa shape index (κ1) is 12.2. The summed E-state index contributed by atoms with van der Waals surface area (Å²) in [5.74, 6) is 1.49. The highest BCUT2D eigenvalue weighted by Crippen LogP contribution is 2.31. The predicted molar refractivity (Wildman–Crippen MR) is 74.8 cm³/mol. The van der Waals surface area contributed by atoms with Crippen LogP contribution in [0.4, 0.5) is 5.69 Å². The van der Waals surface area contributed by atoms with Crippen LogP contribution >= 0.6 is 0 Å². The van der Waals surface area contributed by atoms with E-state index in [1.165, 1.54) is 32.1 Å². The minimum absolute atomic E-state index is 0.527. The van der Waals surface area contributed by atoms with E-state index in [-0.39, 0.29) is 0 Å². The van der Waals surface area contributed by atoms with Crippen molar-refractivity contribution in [2.24, 2.45) is 5.92 Å². The van der Waals surface area contributed by atoms with Crippen LogP contribution in [0.15, 0.2) is 35.1 Å². The number of anilines is 1. The third-order valence-corrected chi connectivity index (χ3v) is 3.82. The fourth-order valence-electron chi connectivity index (χ4n) is 2.58. The summed E-state index contributed by atoms with van der Waals surface area (Å²) >= 11 is 0. The second-order valence-corrected chi connectivity index (χ2v) is 5.40. The van der Waals surface area contributed by atoms with Gasteiger partial charge in [-0.3, -0.25) is 0 Å². The summed E-state index contributed by atoms with van der Waals surface area (Å²) in [6.45, 7) is 2.25. The van der Waals surface area contributed by atoms with Crippen LogP contribution in [0.25, 0.3) is 11.5 Å². The zero-order chi connectivity index (χ0) is 13.1. The van der Waals surface area contributed by atoms with Crippen LogP contribution < -0.4 is 5.32 Å². The van der Waals surface area contributed by atoms with E-state index in [9.17, 15) is 0 Å². The minimum Gasteiger partial charge on any atom is -0.423 e. The Morgan fingerprint density at radius 3 is 2.68 bits per heavy atom. The molecule has 0 aliphatic heterocycles. The van der Waals surface area contributed by atoms with Gasteiger partial charge in [-0.1, -0.05) is 19.3 Å². The first-order chi connectivity index (χ1) is 9.31. The lowest BCUT2D eigenvalue weighted by atomic mass is 9.81. The van der Waals surface area contributed by atoms with Gasteiger partial charge in [-0.25, -0.2) is 0 Å². The molecule has 100 valence electrons. The van der Waals surface area contributed by atoms with Crippen LogP contribution in [0.1, 0.15) is 32.6 Å². The molecule has 19 heavy (non-hydrogen) atoms. The molecule has 0 radical (unpaired) electrons. The Morgan fingerprint density at radius 2 is 2.11 bits per heavy atom. The first-order valence-electron chi connectivity index (χ1n) is 6.94. The van der Waals surface area contributed by atoms with Gasteiger partial charge in [0.1, 0.15) is 0 Å². The Kier molecular flexibility index (Phi) is 3.49. The van der Waals surface area contributed by atoms with E-state index in [0.29, 0.717) is 11.9 Å². The van der Waals surface area contributed by atoms with Crippen LogP contribution in [-0.4, -0.2) is 16.2 Å². The van der Waals surface area contributed by atoms with Gasteiger partial charge in [0.25, 0.3) is 0 Å². The van der Waals surface area contributed by atoms with Crippen LogP contribution in [0, 0.1) is 5.92 Å². The van der Waals surface area contributed by atoms with Crippen molar-refractivity contribution in [3.8, 4) is 11.5 Å². The van der Waals surface area contributed by atoms with Crippen molar-refractivity contribution in [3.05, 3.63) is 30.7 Å². The first-order valence-corrected chi connectivity index (χ1v) is 6.94. The summed E-state index contributed by atoms with van der Waals surface area (Å²) in [6, 6.07) is 8.67. The predicted octanol–water partition coefficient (Wildman–Crippen LogP) is 3.73. The lowest BCUT2D eigenvalue weighted by molar-refractivity contribution is 0.286. The smallest absolute Gasteiger partial charge is 0.247 e. The Bertz CT molecular complexity index is 503. The largest absolute Gasteiger partial charge is 0.423 e. The zero-order valence-electron chi connectivity index (χ0n) is 11.2. The Labute approximate surface area is 113 Å². The molecule has 1 N–H and O–H groups in total. The number of aromatic nitrogens is 2. The quantitative estimate of drug-likeness (QED) is 0.886. The lowest BCUT2D eigenvalue weighted by Crippen LogP contribution is -2.23. The highest BCUT2D eigenvalue weighted by Gasteiger charge is 2.19. The van der Waals surface area contributed by atoms with E-state index in [1.54, 1.807) is 0 Å². The van der Waals surface area contributed by atoms with Gasteiger partial charge in [-0.2, -0.15) is 0 Å². The maximum atomic E-state index is 5.17. The second kappa shape index (κ2) is 5.43. The van der Waals surface area contributed by atoms with Gasteiger partial charge in [-0.05, 0) is 43.5 Å². The zero-order valence-corrected chi connectivity index (χ0v) is 11.2. The average Bonchev–Trinajstić information content (AvgIpc) is 2.89. The molecule has 1 saturated carbocycles. The molecule has 1 aliphatic rings. The summed E-state index contributed by atoms with van der Waals surface area (Å²) in [4.78, 5) is 0. The topological polar surface area (TPSA) is 51.0 Å². The molecular formula is C15H19N3O. The van der Waals surface area contributed by atoms with Crippen molar-refractivity contribution < 1.29 is 4.42 Å². The Hall–Kier alpha value is -1.84. The third kappa shape index (κ3) is 2.95. The lowest BCUT2D eigenvalue weighted by Gasteiger charge is -2.28. The summed E-state index contributed by atoms with van der Waals surface area (Å²) in [7, 11) is 0. The van der Waals surface area contributed by atoms with Gasteiger partial charge in [-0.15, -0.1) is 10.2 Å². The fourth-order valence-corrected chi connectivity index (χ4v) is 2.58. The molecule has 1 aromatic carbocycles. The molecule has 4 nitrogen and oxygen atoms in total. The van der Waals surface area contributed by atoms with Gasteiger partial charge >= 0.3 is 0 Å². The van der Waals surface area contributed by atoms with Gasteiger partial charge in [0.05, 0.1) is 0 Å². The van der Waals surface area contributed by atoms with Crippen LogP contribution in [0.3, 0.4) is 0 Å². The molecule has 0 spiro atoms. The molecule has 1 unspecified atom stereocenters. The van der Waals surface area contributed by atoms with Crippen LogP contribution in [0.2, 0.25) is 0 Å². The van der Waals surface area contributed by atoms with Gasteiger partial charge in [0, 0.05) is 17.3 Å². The number of nitrogens with one attached hydrogen (secondary N) is 1. The van der Waals surface area contributed by atoms with Crippen LogP contribution in [0.5, 0.6) is 0 Å². The SMILES string of the molecule is CC(CC1CCC1)Nc1ccc(-c2nnco2)cc1. The molecule has 1 heterocycles.